The zero-order valence-corrected chi connectivity index (χ0v) is 12.3. The number of cyclic esters (lactones) is 1. The normalized spacial score (nSPS) is 16.8. The van der Waals surface area contributed by atoms with E-state index in [4.69, 9.17) is 4.74 Å². The van der Waals surface area contributed by atoms with Crippen molar-refractivity contribution in [3.8, 4) is 5.75 Å². The van der Waals surface area contributed by atoms with Gasteiger partial charge in [-0.15, -0.1) is 0 Å². The lowest BCUT2D eigenvalue weighted by Gasteiger charge is -2.08. The molecule has 1 aliphatic rings. The van der Waals surface area contributed by atoms with Crippen LogP contribution in [0.1, 0.15) is 35.9 Å². The van der Waals surface area contributed by atoms with Crippen molar-refractivity contribution in [1.82, 2.24) is 4.98 Å². The molecule has 0 saturated heterocycles. The van der Waals surface area contributed by atoms with E-state index in [1.54, 1.807) is 0 Å². The van der Waals surface area contributed by atoms with Crippen LogP contribution in [0.3, 0.4) is 0 Å². The largest absolute Gasteiger partial charge is 0.506 e. The predicted octanol–water partition coefficient (Wildman–Crippen LogP) is 4.20. The molecule has 0 aliphatic carbocycles. The van der Waals surface area contributed by atoms with Gasteiger partial charge >= 0.3 is 5.97 Å². The van der Waals surface area contributed by atoms with Gasteiger partial charge in [0.1, 0.15) is 11.9 Å². The number of phenolic OH excluding ortho intramolecular Hbond substituents is 1. The summed E-state index contributed by atoms with van der Waals surface area (Å²) < 4.78 is 5.48. The molecule has 1 aromatic heterocycles. The molecule has 0 radical (unpaired) electrons. The van der Waals surface area contributed by atoms with E-state index in [9.17, 15) is 9.90 Å². The van der Waals surface area contributed by atoms with Gasteiger partial charge < -0.3 is 14.8 Å². The second-order valence-electron chi connectivity index (χ2n) is 5.85. The topological polar surface area (TPSA) is 62.3 Å². The van der Waals surface area contributed by atoms with Crippen LogP contribution in [0.2, 0.25) is 0 Å². The summed E-state index contributed by atoms with van der Waals surface area (Å²) in [6, 6.07) is 9.31. The number of phenols is 1. The van der Waals surface area contributed by atoms with Crippen LogP contribution in [-0.4, -0.2) is 16.1 Å². The van der Waals surface area contributed by atoms with Gasteiger partial charge in [0.15, 0.2) is 0 Å². The van der Waals surface area contributed by atoms with Crippen LogP contribution >= 0.6 is 0 Å². The molecule has 0 bridgehead atoms. The van der Waals surface area contributed by atoms with Crippen molar-refractivity contribution in [2.45, 2.75) is 20.0 Å². The standard InChI is InChI=1S/C18H15NO3/c1-9(2)7-14-15-11(18(21)22-14)8-13(20)17-16(15)10-5-3-4-6-12(10)19-17/h3-8,14,19-20H,1-2H3/t14-/m0/s1. The molecule has 4 heteroatoms. The average molecular weight is 293 g/mol. The van der Waals surface area contributed by atoms with E-state index >= 15 is 0 Å². The van der Waals surface area contributed by atoms with E-state index in [1.165, 1.54) is 6.07 Å². The Balaban J connectivity index is 2.18. The summed E-state index contributed by atoms with van der Waals surface area (Å²) in [6.45, 7) is 3.94. The zero-order valence-electron chi connectivity index (χ0n) is 12.3. The number of aromatic nitrogens is 1. The van der Waals surface area contributed by atoms with Crippen molar-refractivity contribution in [1.29, 1.82) is 0 Å². The second kappa shape index (κ2) is 4.37. The van der Waals surface area contributed by atoms with Crippen LogP contribution in [0.25, 0.3) is 21.8 Å². The summed E-state index contributed by atoms with van der Waals surface area (Å²) in [6.07, 6.45) is 1.52. The number of esters is 1. The van der Waals surface area contributed by atoms with Crippen molar-refractivity contribution in [3.05, 3.63) is 53.1 Å². The van der Waals surface area contributed by atoms with Gasteiger partial charge in [-0.2, -0.15) is 0 Å². The lowest BCUT2D eigenvalue weighted by molar-refractivity contribution is 0.0467. The van der Waals surface area contributed by atoms with E-state index in [1.807, 2.05) is 44.2 Å². The summed E-state index contributed by atoms with van der Waals surface area (Å²) in [5.74, 6) is -0.320. The number of H-pyrrole nitrogens is 1. The number of aromatic hydroxyl groups is 1. The van der Waals surface area contributed by atoms with Crippen molar-refractivity contribution in [2.24, 2.45) is 0 Å². The molecule has 0 fully saturated rings. The number of rotatable bonds is 1. The number of carbonyl (C=O) groups is 1. The Hall–Kier alpha value is -2.75. The molecule has 22 heavy (non-hydrogen) atoms. The highest BCUT2D eigenvalue weighted by Gasteiger charge is 2.33. The monoisotopic (exact) mass is 293 g/mol. The Bertz CT molecular complexity index is 961. The first-order valence-corrected chi connectivity index (χ1v) is 7.18. The minimum atomic E-state index is -0.408. The summed E-state index contributed by atoms with van der Waals surface area (Å²) in [5, 5.41) is 12.1. The van der Waals surface area contributed by atoms with Crippen molar-refractivity contribution >= 4 is 27.8 Å². The molecule has 2 N–H and O–H groups in total. The molecule has 0 amide bonds. The fourth-order valence-corrected chi connectivity index (χ4v) is 3.16. The van der Waals surface area contributed by atoms with E-state index < -0.39 is 6.10 Å². The maximum Gasteiger partial charge on any atom is 0.339 e. The first-order valence-electron chi connectivity index (χ1n) is 7.18. The number of hydrogen-bond acceptors (Lipinski definition) is 3. The van der Waals surface area contributed by atoms with Crippen molar-refractivity contribution in [3.63, 3.8) is 0 Å². The second-order valence-corrected chi connectivity index (χ2v) is 5.85. The third kappa shape index (κ3) is 1.67. The van der Waals surface area contributed by atoms with Gasteiger partial charge in [0.05, 0.1) is 11.1 Å². The number of aromatic amines is 1. The fraction of sp³-hybridized carbons (Fsp3) is 0.167. The fourth-order valence-electron chi connectivity index (χ4n) is 3.16. The van der Waals surface area contributed by atoms with Crippen LogP contribution in [-0.2, 0) is 4.74 Å². The van der Waals surface area contributed by atoms with E-state index in [0.717, 1.165) is 27.4 Å². The summed E-state index contributed by atoms with van der Waals surface area (Å²) >= 11 is 0. The maximum atomic E-state index is 12.1. The molecule has 0 unspecified atom stereocenters. The summed E-state index contributed by atoms with van der Waals surface area (Å²) in [7, 11) is 0. The number of hydrogen-bond donors (Lipinski definition) is 2. The molecule has 0 saturated carbocycles. The molecule has 1 aliphatic heterocycles. The van der Waals surface area contributed by atoms with Gasteiger partial charge in [-0.1, -0.05) is 23.8 Å². The number of carbonyl (C=O) groups excluding carboxylic acids is 1. The van der Waals surface area contributed by atoms with E-state index in [-0.39, 0.29) is 11.7 Å². The molecule has 4 nitrogen and oxygen atoms in total. The highest BCUT2D eigenvalue weighted by molar-refractivity contribution is 6.15. The third-order valence-corrected chi connectivity index (χ3v) is 4.03. The zero-order chi connectivity index (χ0) is 15.4. The Morgan fingerprint density at radius 3 is 2.86 bits per heavy atom. The molecular formula is C18H15NO3. The van der Waals surface area contributed by atoms with Gasteiger partial charge in [-0.3, -0.25) is 0 Å². The minimum absolute atomic E-state index is 0.0692. The van der Waals surface area contributed by atoms with Gasteiger partial charge in [-0.05, 0) is 32.1 Å². The van der Waals surface area contributed by atoms with Crippen LogP contribution < -0.4 is 0 Å². The first kappa shape index (κ1) is 13.0. The van der Waals surface area contributed by atoms with Gasteiger partial charge in [0, 0.05) is 21.9 Å². The molecule has 2 heterocycles. The highest BCUT2D eigenvalue weighted by atomic mass is 16.5. The first-order chi connectivity index (χ1) is 10.6. The molecule has 1 atom stereocenters. The number of para-hydroxylation sites is 1. The molecule has 2 aromatic carbocycles. The van der Waals surface area contributed by atoms with Gasteiger partial charge in [0.25, 0.3) is 0 Å². The molecule has 0 spiro atoms. The molecular weight excluding hydrogens is 278 g/mol. The minimum Gasteiger partial charge on any atom is -0.506 e. The quantitative estimate of drug-likeness (QED) is 0.522. The third-order valence-electron chi connectivity index (χ3n) is 4.03. The number of benzene rings is 2. The van der Waals surface area contributed by atoms with Gasteiger partial charge in [0.2, 0.25) is 0 Å². The smallest absolute Gasteiger partial charge is 0.339 e. The maximum absolute atomic E-state index is 12.1. The molecule has 4 rings (SSSR count). The Morgan fingerprint density at radius 1 is 1.32 bits per heavy atom. The Morgan fingerprint density at radius 2 is 2.09 bits per heavy atom. The number of nitrogens with one attached hydrogen (secondary N) is 1. The lowest BCUT2D eigenvalue weighted by Crippen LogP contribution is -1.95. The molecule has 110 valence electrons. The van der Waals surface area contributed by atoms with Crippen LogP contribution in [0.4, 0.5) is 0 Å². The van der Waals surface area contributed by atoms with E-state index in [2.05, 4.69) is 4.98 Å². The summed E-state index contributed by atoms with van der Waals surface area (Å²) in [4.78, 5) is 15.4. The SMILES string of the molecule is CC(C)=C[C@@H]1OC(=O)c2cc(O)c3[nH]c4ccccc4c3c21. The molecule has 3 aromatic rings. The lowest BCUT2D eigenvalue weighted by atomic mass is 9.96. The van der Waals surface area contributed by atoms with Crippen molar-refractivity contribution in [2.75, 3.05) is 0 Å². The number of ether oxygens (including phenoxy) is 1. The van der Waals surface area contributed by atoms with Crippen molar-refractivity contribution < 1.29 is 14.6 Å². The highest BCUT2D eigenvalue weighted by Crippen LogP contribution is 2.44. The van der Waals surface area contributed by atoms with Crippen LogP contribution in [0.5, 0.6) is 5.75 Å². The van der Waals surface area contributed by atoms with Crippen LogP contribution in [0.15, 0.2) is 42.0 Å². The summed E-state index contributed by atoms with van der Waals surface area (Å²) in [5.41, 5.74) is 3.92. The average Bonchev–Trinajstić information content (AvgIpc) is 2.98. The van der Waals surface area contributed by atoms with Gasteiger partial charge in [-0.25, -0.2) is 4.79 Å². The number of fused-ring (bicyclic) bond motifs is 5. The van der Waals surface area contributed by atoms with E-state index in [0.29, 0.717) is 11.1 Å². The Kier molecular flexibility index (Phi) is 2.57. The Labute approximate surface area is 127 Å². The van der Waals surface area contributed by atoms with Crippen LogP contribution in [0, 0.1) is 0 Å². The predicted molar refractivity (Wildman–Crippen MR) is 85.1 cm³/mol. The number of allylic oxidation sites excluding steroid dienone is 1.